The fraction of sp³-hybridized carbons (Fsp3) is 0.300. The van der Waals surface area contributed by atoms with Gasteiger partial charge in [-0.1, -0.05) is 12.1 Å². The Morgan fingerprint density at radius 1 is 1.33 bits per heavy atom. The molecule has 1 aliphatic heterocycles. The third kappa shape index (κ3) is 2.15. The Kier molecular flexibility index (Phi) is 2.67. The van der Waals surface area contributed by atoms with E-state index in [-0.39, 0.29) is 0 Å². The van der Waals surface area contributed by atoms with Crippen molar-refractivity contribution in [2.24, 2.45) is 15.9 Å². The van der Waals surface area contributed by atoms with Crippen LogP contribution in [0.25, 0.3) is 0 Å². The van der Waals surface area contributed by atoms with Gasteiger partial charge in [0.05, 0.1) is 5.56 Å². The molecule has 0 saturated carbocycles. The number of nitrogens with zero attached hydrogens (tertiary/aromatic N) is 4. The molecule has 5 nitrogen and oxygen atoms in total. The van der Waals surface area contributed by atoms with Crippen LogP contribution < -0.4 is 10.6 Å². The van der Waals surface area contributed by atoms with Crippen molar-refractivity contribution in [3.63, 3.8) is 0 Å². The molecule has 2 N–H and O–H groups in total. The Bertz CT molecular complexity index is 451. The van der Waals surface area contributed by atoms with E-state index in [0.29, 0.717) is 12.4 Å². The summed E-state index contributed by atoms with van der Waals surface area (Å²) in [5.41, 5.74) is 7.68. The van der Waals surface area contributed by atoms with E-state index in [4.69, 9.17) is 5.73 Å². The van der Waals surface area contributed by atoms with Crippen LogP contribution in [0, 0.1) is 0 Å². The van der Waals surface area contributed by atoms with Crippen LogP contribution >= 0.6 is 0 Å². The maximum Gasteiger partial charge on any atom is 0.493 e. The van der Waals surface area contributed by atoms with Crippen molar-refractivity contribution in [2.75, 3.05) is 13.6 Å². The average Bonchev–Trinajstić information content (AvgIpc) is 2.67. The van der Waals surface area contributed by atoms with E-state index in [1.54, 1.807) is 7.05 Å². The molecule has 1 aliphatic rings. The first-order valence-corrected chi connectivity index (χ1v) is 4.83. The highest BCUT2D eigenvalue weighted by atomic mass is 15.6. The first kappa shape index (κ1) is 9.71. The smallest absolute Gasteiger partial charge is 0.330 e. The summed E-state index contributed by atoms with van der Waals surface area (Å²) in [4.78, 5) is 5.23. The molecule has 0 aromatic heterocycles. The first-order chi connectivity index (χ1) is 7.29. The van der Waals surface area contributed by atoms with E-state index < -0.39 is 0 Å². The van der Waals surface area contributed by atoms with Gasteiger partial charge in [0.1, 0.15) is 0 Å². The van der Waals surface area contributed by atoms with Crippen molar-refractivity contribution in [1.82, 2.24) is 4.91 Å². The van der Waals surface area contributed by atoms with Crippen molar-refractivity contribution in [3.8, 4) is 0 Å². The molecule has 15 heavy (non-hydrogen) atoms. The van der Waals surface area contributed by atoms with Gasteiger partial charge in [-0.05, 0) is 30.7 Å². The van der Waals surface area contributed by atoms with Crippen LogP contribution in [0.15, 0.2) is 34.5 Å². The van der Waals surface area contributed by atoms with Crippen molar-refractivity contribution in [2.45, 2.75) is 6.42 Å². The van der Waals surface area contributed by atoms with Crippen molar-refractivity contribution < 1.29 is 4.81 Å². The Labute approximate surface area is 87.6 Å². The van der Waals surface area contributed by atoms with Crippen molar-refractivity contribution in [1.29, 1.82) is 0 Å². The minimum Gasteiger partial charge on any atom is -0.330 e. The maximum atomic E-state index is 5.48. The Hall–Kier alpha value is -1.84. The van der Waals surface area contributed by atoms with Crippen LogP contribution in [-0.4, -0.2) is 24.2 Å². The van der Waals surface area contributed by atoms with Gasteiger partial charge < -0.3 is 5.73 Å². The molecule has 5 heteroatoms. The molecule has 0 aliphatic carbocycles. The van der Waals surface area contributed by atoms with Gasteiger partial charge in [0.15, 0.2) is 11.9 Å². The number of hydrogen-bond donors (Lipinski definition) is 1. The third-order valence-electron chi connectivity index (χ3n) is 2.15. The minimum absolute atomic E-state index is 0.650. The molecule has 2 rings (SSSR count). The summed E-state index contributed by atoms with van der Waals surface area (Å²) in [6, 6.07) is 8.06. The molecule has 0 amide bonds. The molecule has 76 valence electrons. The normalized spacial score (nSPS) is 14.0. The average molecular weight is 203 g/mol. The summed E-state index contributed by atoms with van der Waals surface area (Å²) in [6.45, 7) is 0.669. The highest BCUT2D eigenvalue weighted by Crippen LogP contribution is 2.07. The van der Waals surface area contributed by atoms with Crippen molar-refractivity contribution >= 4 is 5.84 Å². The largest absolute Gasteiger partial charge is 0.493 e. The summed E-state index contributed by atoms with van der Waals surface area (Å²) < 4.78 is 0. The van der Waals surface area contributed by atoms with Crippen LogP contribution in [-0.2, 0) is 6.42 Å². The van der Waals surface area contributed by atoms with Crippen LogP contribution in [0.4, 0.5) is 0 Å². The standard InChI is InChI=1S/C10H13N5/c1-15-13-10(12-14-15)9-4-2-8(3-5-9)6-7-11/h2-5H,6-7,11H2,1H3/q+2. The van der Waals surface area contributed by atoms with Gasteiger partial charge in [0.2, 0.25) is 10.0 Å². The quantitative estimate of drug-likeness (QED) is 0.563. The first-order valence-electron chi connectivity index (χ1n) is 4.83. The number of rotatable bonds is 3. The van der Waals surface area contributed by atoms with Crippen molar-refractivity contribution in [3.05, 3.63) is 35.4 Å². The van der Waals surface area contributed by atoms with E-state index >= 15 is 0 Å². The predicted molar refractivity (Wildman–Crippen MR) is 56.5 cm³/mol. The highest BCUT2D eigenvalue weighted by Gasteiger charge is 2.28. The Balaban J connectivity index is 2.18. The van der Waals surface area contributed by atoms with Crippen LogP contribution in [0.1, 0.15) is 11.1 Å². The second kappa shape index (κ2) is 4.13. The van der Waals surface area contributed by atoms with Gasteiger partial charge in [0, 0.05) is 0 Å². The van der Waals surface area contributed by atoms with Gasteiger partial charge in [-0.3, -0.25) is 0 Å². The molecule has 0 spiro atoms. The maximum absolute atomic E-state index is 5.48. The highest BCUT2D eigenvalue weighted by molar-refractivity contribution is 5.98. The molecule has 0 unspecified atom stereocenters. The van der Waals surface area contributed by atoms with E-state index in [2.05, 4.69) is 15.1 Å². The second-order valence-corrected chi connectivity index (χ2v) is 3.34. The molecule has 0 bridgehead atoms. The minimum atomic E-state index is 0.650. The fourth-order valence-electron chi connectivity index (χ4n) is 1.39. The van der Waals surface area contributed by atoms with E-state index in [0.717, 1.165) is 12.0 Å². The number of hydrogen-bond acceptors (Lipinski definition) is 3. The van der Waals surface area contributed by atoms with Gasteiger partial charge in [0.25, 0.3) is 0 Å². The molecule has 0 atom stereocenters. The number of hydrazone groups is 1. The molecule has 0 saturated heterocycles. The third-order valence-corrected chi connectivity index (χ3v) is 2.15. The number of nitrogens with two attached hydrogens (primary N) is 1. The lowest BCUT2D eigenvalue weighted by Gasteiger charge is -1.96. The Morgan fingerprint density at radius 3 is 2.60 bits per heavy atom. The monoisotopic (exact) mass is 203 g/mol. The number of benzene rings is 1. The summed E-state index contributed by atoms with van der Waals surface area (Å²) >= 11 is 0. The molecule has 1 heterocycles. The lowest BCUT2D eigenvalue weighted by molar-refractivity contribution is -0.575. The molecule has 0 radical (unpaired) electrons. The molecule has 1 aromatic rings. The van der Waals surface area contributed by atoms with E-state index in [1.807, 2.05) is 24.3 Å². The lowest BCUT2D eigenvalue weighted by atomic mass is 10.1. The zero-order chi connectivity index (χ0) is 10.7. The topological polar surface area (TPSA) is 67.8 Å². The van der Waals surface area contributed by atoms with Gasteiger partial charge in [-0.25, -0.2) is 0 Å². The summed E-state index contributed by atoms with van der Waals surface area (Å²) in [7, 11) is 1.75. The van der Waals surface area contributed by atoms with Crippen LogP contribution in [0.5, 0.6) is 0 Å². The zero-order valence-electron chi connectivity index (χ0n) is 8.59. The van der Waals surface area contributed by atoms with Gasteiger partial charge in [-0.2, -0.15) is 0 Å². The van der Waals surface area contributed by atoms with Crippen LogP contribution in [0.3, 0.4) is 0 Å². The lowest BCUT2D eigenvalue weighted by Crippen LogP contribution is -2.03. The molecule has 0 fully saturated rings. The SMILES string of the molecule is C[N+]1=[N+]=NC(c2ccc(CCN)cc2)=N1. The molecular formula is C10H13N5+2. The second-order valence-electron chi connectivity index (χ2n) is 3.34. The van der Waals surface area contributed by atoms with Gasteiger partial charge in [-0.15, -0.1) is 0 Å². The van der Waals surface area contributed by atoms with E-state index in [1.165, 1.54) is 10.4 Å². The van der Waals surface area contributed by atoms with E-state index in [9.17, 15) is 0 Å². The summed E-state index contributed by atoms with van der Waals surface area (Å²) in [5.74, 6) is 0.650. The predicted octanol–water partition coefficient (Wildman–Crippen LogP) is 0.477. The summed E-state index contributed by atoms with van der Waals surface area (Å²) in [6.07, 6.45) is 0.897. The Morgan fingerprint density at radius 2 is 2.07 bits per heavy atom. The molecular weight excluding hydrogens is 190 g/mol. The molecule has 1 aromatic carbocycles. The summed E-state index contributed by atoms with van der Waals surface area (Å²) in [5, 5.41) is 8.07. The fourth-order valence-corrected chi connectivity index (χ4v) is 1.39. The van der Waals surface area contributed by atoms with Gasteiger partial charge >= 0.3 is 10.9 Å². The van der Waals surface area contributed by atoms with Crippen LogP contribution in [0.2, 0.25) is 0 Å². The zero-order valence-corrected chi connectivity index (χ0v) is 8.59. The number of amidine groups is 1.